The Hall–Kier alpha value is -3.12. The number of carbonyl (C=O) groups excluding carboxylic acids is 1. The van der Waals surface area contributed by atoms with Gasteiger partial charge in [0.1, 0.15) is 0 Å². The molecule has 1 amide bonds. The monoisotopic (exact) mass is 409 g/mol. The lowest BCUT2D eigenvalue weighted by Gasteiger charge is -2.38. The minimum Gasteiger partial charge on any atom is -0.502 e. The summed E-state index contributed by atoms with van der Waals surface area (Å²) in [6, 6.07) is 17.1. The Morgan fingerprint density at radius 1 is 1.14 bits per heavy atom. The molecular formula is C22H20ClN3O3. The molecule has 0 bridgehead atoms. The van der Waals surface area contributed by atoms with Crippen LogP contribution in [0.4, 0.5) is 0 Å². The van der Waals surface area contributed by atoms with Crippen LogP contribution in [0, 0.1) is 0 Å². The van der Waals surface area contributed by atoms with Gasteiger partial charge in [0.05, 0.1) is 12.2 Å². The van der Waals surface area contributed by atoms with Crippen LogP contribution in [0.2, 0.25) is 5.02 Å². The Morgan fingerprint density at radius 2 is 1.86 bits per heavy atom. The van der Waals surface area contributed by atoms with Crippen molar-refractivity contribution in [2.75, 3.05) is 13.1 Å². The zero-order valence-corrected chi connectivity index (χ0v) is 16.6. The van der Waals surface area contributed by atoms with E-state index in [1.165, 1.54) is 4.68 Å². The highest BCUT2D eigenvalue weighted by Gasteiger charge is 2.39. The Labute approximate surface area is 173 Å². The van der Waals surface area contributed by atoms with E-state index in [2.05, 4.69) is 5.10 Å². The summed E-state index contributed by atoms with van der Waals surface area (Å²) in [5, 5.41) is 15.2. The SMILES string of the molecule is CCN1CC([C@@H](c2ccccc2)c2cccc(Cl)c2)n2ncc(=O)c(O)c2C1=O. The number of nitrogens with zero attached hydrogens (tertiary/aromatic N) is 3. The molecule has 0 saturated carbocycles. The molecular weight excluding hydrogens is 390 g/mol. The zero-order chi connectivity index (χ0) is 20.5. The molecule has 0 aliphatic carbocycles. The van der Waals surface area contributed by atoms with Gasteiger partial charge in [-0.1, -0.05) is 54.1 Å². The van der Waals surface area contributed by atoms with E-state index in [-0.39, 0.29) is 17.7 Å². The van der Waals surface area contributed by atoms with Crippen molar-refractivity contribution in [2.24, 2.45) is 0 Å². The van der Waals surface area contributed by atoms with Gasteiger partial charge in [-0.25, -0.2) is 0 Å². The third-order valence-electron chi connectivity index (χ3n) is 5.33. The van der Waals surface area contributed by atoms with Crippen LogP contribution in [0.5, 0.6) is 5.75 Å². The molecule has 2 aromatic carbocycles. The van der Waals surface area contributed by atoms with Crippen molar-refractivity contribution >= 4 is 17.5 Å². The van der Waals surface area contributed by atoms with Crippen LogP contribution < -0.4 is 5.43 Å². The number of halogens is 1. The van der Waals surface area contributed by atoms with Gasteiger partial charge in [-0.2, -0.15) is 5.10 Å². The predicted molar refractivity (Wildman–Crippen MR) is 111 cm³/mol. The quantitative estimate of drug-likeness (QED) is 0.716. The number of benzene rings is 2. The molecule has 1 N–H and O–H groups in total. The molecule has 148 valence electrons. The van der Waals surface area contributed by atoms with Gasteiger partial charge >= 0.3 is 0 Å². The number of aromatic hydroxyl groups is 1. The smallest absolute Gasteiger partial charge is 0.276 e. The summed E-state index contributed by atoms with van der Waals surface area (Å²) in [5.74, 6) is -1.15. The summed E-state index contributed by atoms with van der Waals surface area (Å²) in [6.45, 7) is 2.71. The normalized spacial score (nSPS) is 17.1. The van der Waals surface area contributed by atoms with Crippen LogP contribution in [-0.4, -0.2) is 38.8 Å². The van der Waals surface area contributed by atoms with Gasteiger partial charge in [0.15, 0.2) is 11.4 Å². The molecule has 2 atom stereocenters. The second kappa shape index (κ2) is 7.72. The Bertz CT molecular complexity index is 1110. The minimum absolute atomic E-state index is 0.0708. The molecule has 1 aliphatic rings. The number of carbonyl (C=O) groups is 1. The largest absolute Gasteiger partial charge is 0.502 e. The van der Waals surface area contributed by atoms with Crippen LogP contribution in [0.15, 0.2) is 65.6 Å². The van der Waals surface area contributed by atoms with Crippen LogP contribution in [0.3, 0.4) is 0 Å². The number of hydrogen-bond donors (Lipinski definition) is 1. The van der Waals surface area contributed by atoms with Crippen molar-refractivity contribution in [3.63, 3.8) is 0 Å². The van der Waals surface area contributed by atoms with Crippen LogP contribution in [-0.2, 0) is 0 Å². The Kier molecular flexibility index (Phi) is 5.11. The summed E-state index contributed by atoms with van der Waals surface area (Å²) in [6.07, 6.45) is 1.06. The molecule has 0 fully saturated rings. The first-order valence-electron chi connectivity index (χ1n) is 9.41. The van der Waals surface area contributed by atoms with E-state index in [1.807, 2.05) is 61.5 Å². The first-order valence-corrected chi connectivity index (χ1v) is 9.79. The minimum atomic E-state index is -0.666. The summed E-state index contributed by atoms with van der Waals surface area (Å²) in [7, 11) is 0. The molecule has 0 spiro atoms. The van der Waals surface area contributed by atoms with Crippen molar-refractivity contribution in [3.8, 4) is 5.75 Å². The summed E-state index contributed by atoms with van der Waals surface area (Å²) < 4.78 is 1.49. The third-order valence-corrected chi connectivity index (χ3v) is 5.57. The summed E-state index contributed by atoms with van der Waals surface area (Å²) in [5.41, 5.74) is 1.25. The third kappa shape index (κ3) is 3.40. The molecule has 29 heavy (non-hydrogen) atoms. The number of amides is 1. The molecule has 1 unspecified atom stereocenters. The average molecular weight is 410 g/mol. The van der Waals surface area contributed by atoms with E-state index >= 15 is 0 Å². The number of aromatic nitrogens is 2. The van der Waals surface area contributed by atoms with Gasteiger partial charge in [-0.3, -0.25) is 14.3 Å². The number of fused-ring (bicyclic) bond motifs is 1. The van der Waals surface area contributed by atoms with Crippen molar-refractivity contribution in [1.29, 1.82) is 0 Å². The zero-order valence-electron chi connectivity index (χ0n) is 15.8. The second-order valence-corrected chi connectivity index (χ2v) is 7.44. The maximum atomic E-state index is 12.9. The standard InChI is InChI=1S/C22H20ClN3O3/c1-2-25-13-17(26-20(22(25)29)21(28)18(27)12-24-26)19(14-7-4-3-5-8-14)15-9-6-10-16(23)11-15/h3-12,17,19,28H,2,13H2,1H3/t17?,19-/m0/s1. The van der Waals surface area contributed by atoms with E-state index in [4.69, 9.17) is 11.6 Å². The van der Waals surface area contributed by atoms with Crippen molar-refractivity contribution in [2.45, 2.75) is 18.9 Å². The van der Waals surface area contributed by atoms with Gasteiger partial charge in [-0.05, 0) is 30.2 Å². The number of hydrogen-bond acceptors (Lipinski definition) is 4. The molecule has 7 heteroatoms. The Morgan fingerprint density at radius 3 is 2.55 bits per heavy atom. The lowest BCUT2D eigenvalue weighted by atomic mass is 9.83. The Balaban J connectivity index is 1.96. The molecule has 3 aromatic rings. The molecule has 6 nitrogen and oxygen atoms in total. The van der Waals surface area contributed by atoms with Gasteiger partial charge in [-0.15, -0.1) is 0 Å². The van der Waals surface area contributed by atoms with Crippen LogP contribution >= 0.6 is 11.6 Å². The van der Waals surface area contributed by atoms with E-state index in [9.17, 15) is 14.7 Å². The first-order chi connectivity index (χ1) is 14.0. The molecule has 0 radical (unpaired) electrons. The van der Waals surface area contributed by atoms with E-state index < -0.39 is 17.1 Å². The van der Waals surface area contributed by atoms with Gasteiger partial charge in [0.2, 0.25) is 5.43 Å². The fraction of sp³-hybridized carbons (Fsp3) is 0.227. The topological polar surface area (TPSA) is 75.4 Å². The average Bonchev–Trinajstić information content (AvgIpc) is 2.73. The maximum absolute atomic E-state index is 12.9. The molecule has 1 aliphatic heterocycles. The van der Waals surface area contributed by atoms with Gasteiger partial charge < -0.3 is 10.0 Å². The fourth-order valence-corrected chi connectivity index (χ4v) is 4.16. The lowest BCUT2D eigenvalue weighted by molar-refractivity contribution is 0.0646. The maximum Gasteiger partial charge on any atom is 0.276 e. The van der Waals surface area contributed by atoms with E-state index in [0.29, 0.717) is 18.1 Å². The number of rotatable bonds is 4. The van der Waals surface area contributed by atoms with Crippen LogP contribution in [0.25, 0.3) is 0 Å². The van der Waals surface area contributed by atoms with Gasteiger partial charge in [0.25, 0.3) is 5.91 Å². The second-order valence-electron chi connectivity index (χ2n) is 7.01. The molecule has 0 saturated heterocycles. The van der Waals surface area contributed by atoms with Crippen molar-refractivity contribution < 1.29 is 9.90 Å². The van der Waals surface area contributed by atoms with Crippen LogP contribution in [0.1, 0.15) is 40.5 Å². The molecule has 4 rings (SSSR count). The number of likely N-dealkylation sites (N-methyl/N-ethyl adjacent to an activating group) is 1. The van der Waals surface area contributed by atoms with Crippen molar-refractivity contribution in [3.05, 3.63) is 92.9 Å². The molecule has 1 aromatic heterocycles. The molecule has 2 heterocycles. The first kappa shape index (κ1) is 19.2. The fourth-order valence-electron chi connectivity index (χ4n) is 3.96. The lowest BCUT2D eigenvalue weighted by Crippen LogP contribution is -2.46. The van der Waals surface area contributed by atoms with E-state index in [0.717, 1.165) is 17.3 Å². The highest BCUT2D eigenvalue weighted by Crippen LogP contribution is 2.39. The highest BCUT2D eigenvalue weighted by atomic mass is 35.5. The predicted octanol–water partition coefficient (Wildman–Crippen LogP) is 3.45. The van der Waals surface area contributed by atoms with E-state index in [1.54, 1.807) is 4.90 Å². The summed E-state index contributed by atoms with van der Waals surface area (Å²) >= 11 is 6.27. The summed E-state index contributed by atoms with van der Waals surface area (Å²) in [4.78, 5) is 26.5. The van der Waals surface area contributed by atoms with Crippen molar-refractivity contribution in [1.82, 2.24) is 14.7 Å². The van der Waals surface area contributed by atoms with Gasteiger partial charge in [0, 0.05) is 24.0 Å². The highest BCUT2D eigenvalue weighted by molar-refractivity contribution is 6.30.